The summed E-state index contributed by atoms with van der Waals surface area (Å²) in [7, 11) is 0. The average molecular weight is 441 g/mol. The lowest BCUT2D eigenvalue weighted by molar-refractivity contribution is 0.0474. The molecule has 0 bridgehead atoms. The molecule has 6 nitrogen and oxygen atoms in total. The maximum atomic E-state index is 13.0. The molecule has 0 aliphatic carbocycles. The van der Waals surface area contributed by atoms with E-state index in [1.807, 2.05) is 45.9 Å². The van der Waals surface area contributed by atoms with E-state index >= 15 is 0 Å². The topological polar surface area (TPSA) is 80.8 Å². The maximum absolute atomic E-state index is 13.0. The Hall–Kier alpha value is -4.06. The van der Waals surface area contributed by atoms with Gasteiger partial charge in [0.25, 0.3) is 11.8 Å². The fourth-order valence-electron chi connectivity index (χ4n) is 3.80. The molecule has 3 aromatic rings. The van der Waals surface area contributed by atoms with E-state index in [4.69, 9.17) is 4.74 Å². The number of carbonyl (C=O) groups is 4. The van der Waals surface area contributed by atoms with Gasteiger partial charge in [-0.2, -0.15) is 0 Å². The van der Waals surface area contributed by atoms with Gasteiger partial charge in [-0.05, 0) is 80.8 Å². The number of Topliss-reactive ketones (excluding diaryl/α,β-unsaturated/α-hetero) is 1. The Labute approximate surface area is 191 Å². The van der Waals surface area contributed by atoms with Gasteiger partial charge in [0, 0.05) is 5.56 Å². The summed E-state index contributed by atoms with van der Waals surface area (Å²) in [6.45, 7) is 7.14. The number of fused-ring (bicyclic) bond motifs is 1. The molecule has 4 rings (SSSR count). The summed E-state index contributed by atoms with van der Waals surface area (Å²) in [5.74, 6) is -1.98. The molecule has 3 aromatic carbocycles. The van der Waals surface area contributed by atoms with Crippen LogP contribution in [0, 0.1) is 27.7 Å². The minimum absolute atomic E-state index is 0.102. The van der Waals surface area contributed by atoms with Crippen molar-refractivity contribution in [3.63, 3.8) is 0 Å². The highest BCUT2D eigenvalue weighted by Gasteiger charge is 2.37. The average Bonchev–Trinajstić information content (AvgIpc) is 3.05. The van der Waals surface area contributed by atoms with Gasteiger partial charge in [0.05, 0.1) is 22.4 Å². The van der Waals surface area contributed by atoms with Crippen LogP contribution in [0.15, 0.2) is 54.6 Å². The first-order valence-electron chi connectivity index (χ1n) is 10.5. The van der Waals surface area contributed by atoms with Crippen molar-refractivity contribution in [2.24, 2.45) is 0 Å². The number of hydrogen-bond acceptors (Lipinski definition) is 5. The van der Waals surface area contributed by atoms with Gasteiger partial charge in [-0.25, -0.2) is 9.69 Å². The zero-order chi connectivity index (χ0) is 23.9. The van der Waals surface area contributed by atoms with E-state index in [2.05, 4.69) is 0 Å². The van der Waals surface area contributed by atoms with Crippen molar-refractivity contribution in [3.05, 3.63) is 99.1 Å². The summed E-state index contributed by atoms with van der Waals surface area (Å²) < 4.78 is 5.20. The van der Waals surface area contributed by atoms with E-state index in [1.165, 1.54) is 18.2 Å². The summed E-state index contributed by atoms with van der Waals surface area (Å²) in [5, 5.41) is 0. The predicted octanol–water partition coefficient (Wildman–Crippen LogP) is 4.76. The van der Waals surface area contributed by atoms with E-state index in [0.29, 0.717) is 11.3 Å². The van der Waals surface area contributed by atoms with Crippen molar-refractivity contribution in [1.82, 2.24) is 0 Å². The molecule has 0 radical (unpaired) electrons. The fourth-order valence-corrected chi connectivity index (χ4v) is 3.80. The summed E-state index contributed by atoms with van der Waals surface area (Å²) >= 11 is 0. The van der Waals surface area contributed by atoms with Crippen LogP contribution >= 0.6 is 0 Å². The van der Waals surface area contributed by atoms with Gasteiger partial charge in [-0.1, -0.05) is 23.8 Å². The van der Waals surface area contributed by atoms with Crippen molar-refractivity contribution >= 4 is 29.3 Å². The molecule has 1 heterocycles. The van der Waals surface area contributed by atoms with Crippen LogP contribution in [0.4, 0.5) is 5.69 Å². The highest BCUT2D eigenvalue weighted by atomic mass is 16.5. The van der Waals surface area contributed by atoms with Gasteiger partial charge in [-0.3, -0.25) is 14.4 Å². The third-order valence-electron chi connectivity index (χ3n) is 5.90. The van der Waals surface area contributed by atoms with Crippen LogP contribution in [0.3, 0.4) is 0 Å². The van der Waals surface area contributed by atoms with Crippen LogP contribution in [-0.2, 0) is 4.74 Å². The maximum Gasteiger partial charge on any atom is 0.338 e. The summed E-state index contributed by atoms with van der Waals surface area (Å²) in [6, 6.07) is 15.1. The number of anilines is 1. The highest BCUT2D eigenvalue weighted by molar-refractivity contribution is 6.34. The summed E-state index contributed by atoms with van der Waals surface area (Å²) in [4.78, 5) is 52.0. The molecule has 0 spiro atoms. The zero-order valence-electron chi connectivity index (χ0n) is 18.9. The van der Waals surface area contributed by atoms with Crippen LogP contribution in [0.25, 0.3) is 0 Å². The van der Waals surface area contributed by atoms with Crippen molar-refractivity contribution in [3.8, 4) is 0 Å². The smallest absolute Gasteiger partial charge is 0.338 e. The number of aryl methyl sites for hydroxylation is 4. The zero-order valence-corrected chi connectivity index (χ0v) is 18.9. The van der Waals surface area contributed by atoms with Crippen molar-refractivity contribution in [2.75, 3.05) is 11.5 Å². The van der Waals surface area contributed by atoms with Gasteiger partial charge >= 0.3 is 5.97 Å². The van der Waals surface area contributed by atoms with Gasteiger partial charge in [0.15, 0.2) is 6.61 Å². The molecule has 0 N–H and O–H groups in total. The molecular formula is C27H23NO5. The van der Waals surface area contributed by atoms with Crippen molar-refractivity contribution in [2.45, 2.75) is 27.7 Å². The van der Waals surface area contributed by atoms with E-state index in [0.717, 1.165) is 27.2 Å². The number of rotatable bonds is 5. The quantitative estimate of drug-likeness (QED) is 0.324. The van der Waals surface area contributed by atoms with Crippen molar-refractivity contribution < 1.29 is 23.9 Å². The van der Waals surface area contributed by atoms with Gasteiger partial charge < -0.3 is 4.74 Å². The molecule has 2 amide bonds. The van der Waals surface area contributed by atoms with Gasteiger partial charge in [0.1, 0.15) is 0 Å². The van der Waals surface area contributed by atoms with E-state index < -0.39 is 24.4 Å². The fraction of sp³-hybridized carbons (Fsp3) is 0.185. The first-order valence-corrected chi connectivity index (χ1v) is 10.5. The Morgan fingerprint density at radius 3 is 2.18 bits per heavy atom. The Morgan fingerprint density at radius 1 is 0.758 bits per heavy atom. The SMILES string of the molecule is Cc1ccc(C)c(C(=O)COC(=O)c2ccc3c(c2)C(=O)N(c2ccc(C)c(C)c2)C3=O)c1. The highest BCUT2D eigenvalue weighted by Crippen LogP contribution is 2.30. The second-order valence-corrected chi connectivity index (χ2v) is 8.29. The number of carbonyl (C=O) groups excluding carboxylic acids is 4. The Morgan fingerprint density at radius 2 is 1.45 bits per heavy atom. The van der Waals surface area contributed by atoms with Gasteiger partial charge in [-0.15, -0.1) is 0 Å². The lowest BCUT2D eigenvalue weighted by atomic mass is 10.0. The number of esters is 1. The molecule has 6 heteroatoms. The van der Waals surface area contributed by atoms with Crippen LogP contribution in [0.2, 0.25) is 0 Å². The lowest BCUT2D eigenvalue weighted by Gasteiger charge is -2.15. The molecule has 33 heavy (non-hydrogen) atoms. The lowest BCUT2D eigenvalue weighted by Crippen LogP contribution is -2.29. The van der Waals surface area contributed by atoms with Crippen LogP contribution in [0.5, 0.6) is 0 Å². The van der Waals surface area contributed by atoms with Crippen LogP contribution in [0.1, 0.15) is 63.7 Å². The Kier molecular flexibility index (Phi) is 5.68. The molecular weight excluding hydrogens is 418 g/mol. The molecule has 0 saturated heterocycles. The number of hydrogen-bond donors (Lipinski definition) is 0. The molecule has 0 saturated carbocycles. The number of ether oxygens (including phenoxy) is 1. The molecule has 1 aliphatic heterocycles. The molecule has 0 aromatic heterocycles. The normalized spacial score (nSPS) is 12.7. The van der Waals surface area contributed by atoms with E-state index in [9.17, 15) is 19.2 Å². The van der Waals surface area contributed by atoms with Crippen LogP contribution in [-0.4, -0.2) is 30.2 Å². The molecule has 0 fully saturated rings. The largest absolute Gasteiger partial charge is 0.454 e. The minimum atomic E-state index is -0.735. The monoisotopic (exact) mass is 441 g/mol. The van der Waals surface area contributed by atoms with E-state index in [1.54, 1.807) is 18.2 Å². The molecule has 1 aliphatic rings. The Balaban J connectivity index is 1.53. The first kappa shape index (κ1) is 22.1. The Bertz CT molecular complexity index is 1340. The van der Waals surface area contributed by atoms with Crippen LogP contribution < -0.4 is 4.90 Å². The molecule has 166 valence electrons. The van der Waals surface area contributed by atoms with Crippen molar-refractivity contribution in [1.29, 1.82) is 0 Å². The third kappa shape index (κ3) is 4.07. The number of nitrogens with zero attached hydrogens (tertiary/aromatic N) is 1. The standard InChI is InChI=1S/C27H23NO5/c1-15-5-6-17(3)22(11-15)24(29)14-33-27(32)19-8-10-21-23(13-19)26(31)28(25(21)30)20-9-7-16(2)18(4)12-20/h5-13H,14H2,1-4H3. The molecule has 0 atom stereocenters. The number of benzene rings is 3. The summed E-state index contributed by atoms with van der Waals surface area (Å²) in [5.41, 5.74) is 5.19. The summed E-state index contributed by atoms with van der Waals surface area (Å²) in [6.07, 6.45) is 0. The number of amides is 2. The third-order valence-corrected chi connectivity index (χ3v) is 5.90. The number of ketones is 1. The number of imide groups is 1. The second-order valence-electron chi connectivity index (χ2n) is 8.29. The second kappa shape index (κ2) is 8.47. The van der Waals surface area contributed by atoms with Gasteiger partial charge in [0.2, 0.25) is 5.78 Å². The molecule has 0 unspecified atom stereocenters. The first-order chi connectivity index (χ1) is 15.7. The minimum Gasteiger partial charge on any atom is -0.454 e. The predicted molar refractivity (Wildman–Crippen MR) is 124 cm³/mol. The van der Waals surface area contributed by atoms with E-state index in [-0.39, 0.29) is 22.5 Å².